The number of rotatable bonds is 3. The number of benzene rings is 2. The van der Waals surface area contributed by atoms with Crippen LogP contribution in [0, 0.1) is 5.92 Å². The van der Waals surface area contributed by atoms with Crippen molar-refractivity contribution in [1.82, 2.24) is 10.2 Å². The fourth-order valence-electron chi connectivity index (χ4n) is 2.87. The number of hydrogen-bond donors (Lipinski definition) is 1. The lowest BCUT2D eigenvalue weighted by atomic mass is 10.1. The van der Waals surface area contributed by atoms with E-state index in [1.807, 2.05) is 24.1 Å². The average molecular weight is 305 g/mol. The normalized spacial score (nSPS) is 17.5. The standard InChI is InChI=1S/C17H20N2O.ClH/c1-19(17(20)16-8-9-18-11-16)12-13-6-7-14-4-2-3-5-15(14)10-13;/h2-7,10,16,18H,8-9,11-12H2,1H3;1H. The molecule has 1 unspecified atom stereocenters. The summed E-state index contributed by atoms with van der Waals surface area (Å²) < 4.78 is 0. The van der Waals surface area contributed by atoms with E-state index in [9.17, 15) is 4.79 Å². The second-order valence-electron chi connectivity index (χ2n) is 5.57. The lowest BCUT2D eigenvalue weighted by molar-refractivity contribution is -0.134. The van der Waals surface area contributed by atoms with Crippen molar-refractivity contribution in [3.05, 3.63) is 48.0 Å². The Kier molecular flexibility index (Phi) is 5.21. The third kappa shape index (κ3) is 3.55. The lowest BCUT2D eigenvalue weighted by Gasteiger charge is -2.21. The molecule has 0 radical (unpaired) electrons. The number of nitrogens with zero attached hydrogens (tertiary/aromatic N) is 1. The van der Waals surface area contributed by atoms with Crippen molar-refractivity contribution in [3.8, 4) is 0 Å². The van der Waals surface area contributed by atoms with Gasteiger partial charge in [0.05, 0.1) is 5.92 Å². The second-order valence-corrected chi connectivity index (χ2v) is 5.57. The molecule has 1 atom stereocenters. The highest BCUT2D eigenvalue weighted by molar-refractivity contribution is 5.85. The van der Waals surface area contributed by atoms with E-state index in [0.29, 0.717) is 6.54 Å². The smallest absolute Gasteiger partial charge is 0.227 e. The highest BCUT2D eigenvalue weighted by Crippen LogP contribution is 2.18. The van der Waals surface area contributed by atoms with Crippen LogP contribution in [0.1, 0.15) is 12.0 Å². The van der Waals surface area contributed by atoms with E-state index >= 15 is 0 Å². The molecule has 1 N–H and O–H groups in total. The van der Waals surface area contributed by atoms with Crippen molar-refractivity contribution in [3.63, 3.8) is 0 Å². The molecule has 1 saturated heterocycles. The van der Waals surface area contributed by atoms with Crippen molar-refractivity contribution in [1.29, 1.82) is 0 Å². The number of amides is 1. The highest BCUT2D eigenvalue weighted by Gasteiger charge is 2.25. The SMILES string of the molecule is CN(Cc1ccc2ccccc2c1)C(=O)C1CCNC1.Cl. The number of carbonyl (C=O) groups is 1. The Morgan fingerprint density at radius 3 is 2.71 bits per heavy atom. The third-order valence-corrected chi connectivity index (χ3v) is 4.02. The molecule has 21 heavy (non-hydrogen) atoms. The fraction of sp³-hybridized carbons (Fsp3) is 0.353. The first kappa shape index (κ1) is 15.8. The maximum Gasteiger partial charge on any atom is 0.227 e. The lowest BCUT2D eigenvalue weighted by Crippen LogP contribution is -2.33. The fourth-order valence-corrected chi connectivity index (χ4v) is 2.87. The summed E-state index contributed by atoms with van der Waals surface area (Å²) in [6.45, 7) is 2.46. The zero-order valence-corrected chi connectivity index (χ0v) is 13.0. The summed E-state index contributed by atoms with van der Waals surface area (Å²) in [7, 11) is 1.90. The molecule has 1 amide bonds. The molecule has 1 fully saturated rings. The minimum atomic E-state index is 0. The predicted molar refractivity (Wildman–Crippen MR) is 88.6 cm³/mol. The Hall–Kier alpha value is -1.58. The molecule has 0 aromatic heterocycles. The molecule has 3 rings (SSSR count). The maximum atomic E-state index is 12.3. The van der Waals surface area contributed by atoms with E-state index in [4.69, 9.17) is 0 Å². The van der Waals surface area contributed by atoms with Gasteiger partial charge in [-0.25, -0.2) is 0 Å². The van der Waals surface area contributed by atoms with Gasteiger partial charge in [0.1, 0.15) is 0 Å². The Morgan fingerprint density at radius 1 is 1.24 bits per heavy atom. The average Bonchev–Trinajstić information content (AvgIpc) is 3.00. The van der Waals surface area contributed by atoms with Crippen molar-refractivity contribution < 1.29 is 4.79 Å². The number of halogens is 1. The van der Waals surface area contributed by atoms with Crippen molar-refractivity contribution in [2.75, 3.05) is 20.1 Å². The van der Waals surface area contributed by atoms with Crippen LogP contribution in [0.4, 0.5) is 0 Å². The maximum absolute atomic E-state index is 12.3. The summed E-state index contributed by atoms with van der Waals surface area (Å²) >= 11 is 0. The van der Waals surface area contributed by atoms with Crippen LogP contribution in [0.25, 0.3) is 10.8 Å². The first-order valence-electron chi connectivity index (χ1n) is 7.17. The molecule has 1 aliphatic heterocycles. The molecule has 4 heteroatoms. The van der Waals surface area contributed by atoms with Crippen molar-refractivity contribution >= 4 is 29.1 Å². The van der Waals surface area contributed by atoms with Gasteiger partial charge < -0.3 is 10.2 Å². The predicted octanol–water partition coefficient (Wildman–Crippen LogP) is 2.83. The molecule has 0 spiro atoms. The van der Waals surface area contributed by atoms with Crippen LogP contribution in [-0.4, -0.2) is 30.9 Å². The first-order valence-corrected chi connectivity index (χ1v) is 7.17. The summed E-state index contributed by atoms with van der Waals surface area (Å²) in [4.78, 5) is 14.1. The van der Waals surface area contributed by atoms with Crippen LogP contribution in [0.5, 0.6) is 0 Å². The minimum Gasteiger partial charge on any atom is -0.341 e. The van der Waals surface area contributed by atoms with Crippen LogP contribution in [-0.2, 0) is 11.3 Å². The summed E-state index contributed by atoms with van der Waals surface area (Å²) in [5.41, 5.74) is 1.19. The molecule has 1 heterocycles. The minimum absolute atomic E-state index is 0. The number of fused-ring (bicyclic) bond motifs is 1. The van der Waals surface area contributed by atoms with Gasteiger partial charge in [-0.05, 0) is 35.4 Å². The molecule has 2 aromatic carbocycles. The molecule has 0 bridgehead atoms. The van der Waals surface area contributed by atoms with Crippen LogP contribution >= 0.6 is 12.4 Å². The van der Waals surface area contributed by atoms with Crippen LogP contribution in [0.15, 0.2) is 42.5 Å². The highest BCUT2D eigenvalue weighted by atomic mass is 35.5. The zero-order chi connectivity index (χ0) is 13.9. The van der Waals surface area contributed by atoms with Gasteiger partial charge in [-0.15, -0.1) is 12.4 Å². The number of carbonyl (C=O) groups excluding carboxylic acids is 1. The van der Waals surface area contributed by atoms with E-state index in [-0.39, 0.29) is 24.2 Å². The zero-order valence-electron chi connectivity index (χ0n) is 12.2. The molecule has 0 saturated carbocycles. The van der Waals surface area contributed by atoms with Crippen LogP contribution in [0.2, 0.25) is 0 Å². The van der Waals surface area contributed by atoms with Crippen molar-refractivity contribution in [2.24, 2.45) is 5.92 Å². The van der Waals surface area contributed by atoms with Gasteiger partial charge in [-0.2, -0.15) is 0 Å². The third-order valence-electron chi connectivity index (χ3n) is 4.02. The van der Waals surface area contributed by atoms with Gasteiger partial charge in [0.25, 0.3) is 0 Å². The van der Waals surface area contributed by atoms with E-state index in [1.54, 1.807) is 0 Å². The summed E-state index contributed by atoms with van der Waals surface area (Å²) in [5.74, 6) is 0.406. The largest absolute Gasteiger partial charge is 0.341 e. The number of nitrogens with one attached hydrogen (secondary N) is 1. The summed E-state index contributed by atoms with van der Waals surface area (Å²) in [5, 5.41) is 5.72. The monoisotopic (exact) mass is 304 g/mol. The molecule has 112 valence electrons. The molecular weight excluding hydrogens is 284 g/mol. The topological polar surface area (TPSA) is 32.3 Å². The first-order chi connectivity index (χ1) is 9.74. The Balaban J connectivity index is 0.00000161. The molecular formula is C17H21ClN2O. The molecule has 2 aromatic rings. The van der Waals surface area contributed by atoms with E-state index < -0.39 is 0 Å². The Morgan fingerprint density at radius 2 is 2.00 bits per heavy atom. The summed E-state index contributed by atoms with van der Waals surface area (Å²) in [6, 6.07) is 14.7. The van der Waals surface area contributed by atoms with E-state index in [2.05, 4.69) is 35.6 Å². The summed E-state index contributed by atoms with van der Waals surface area (Å²) in [6.07, 6.45) is 0.959. The van der Waals surface area contributed by atoms with Crippen LogP contribution in [0.3, 0.4) is 0 Å². The molecule has 1 aliphatic rings. The second kappa shape index (κ2) is 6.92. The quantitative estimate of drug-likeness (QED) is 0.946. The van der Waals surface area contributed by atoms with Gasteiger partial charge in [0.2, 0.25) is 5.91 Å². The Labute approximate surface area is 131 Å². The van der Waals surface area contributed by atoms with E-state index in [0.717, 1.165) is 19.5 Å². The number of hydrogen-bond acceptors (Lipinski definition) is 2. The van der Waals surface area contributed by atoms with Crippen molar-refractivity contribution in [2.45, 2.75) is 13.0 Å². The van der Waals surface area contributed by atoms with Gasteiger partial charge in [-0.3, -0.25) is 4.79 Å². The molecule has 0 aliphatic carbocycles. The van der Waals surface area contributed by atoms with E-state index in [1.165, 1.54) is 16.3 Å². The van der Waals surface area contributed by atoms with Gasteiger partial charge in [-0.1, -0.05) is 36.4 Å². The van der Waals surface area contributed by atoms with Crippen LogP contribution < -0.4 is 5.32 Å². The Bertz CT molecular complexity index is 623. The van der Waals surface area contributed by atoms with Gasteiger partial charge in [0.15, 0.2) is 0 Å². The molecule has 3 nitrogen and oxygen atoms in total. The van der Waals surface area contributed by atoms with Gasteiger partial charge in [0, 0.05) is 20.1 Å². The van der Waals surface area contributed by atoms with Gasteiger partial charge >= 0.3 is 0 Å².